The van der Waals surface area contributed by atoms with Crippen LogP contribution in [0.5, 0.6) is 0 Å². The average molecular weight is 247 g/mol. The van der Waals surface area contributed by atoms with Crippen LogP contribution in [0.4, 0.5) is 5.69 Å². The highest BCUT2D eigenvalue weighted by atomic mass is 32.2. The number of amides is 1. The van der Waals surface area contributed by atoms with Gasteiger partial charge < -0.3 is 10.1 Å². The molecule has 17 heavy (non-hydrogen) atoms. The molecule has 1 amide bonds. The molecule has 2 rings (SSSR count). The summed E-state index contributed by atoms with van der Waals surface area (Å²) in [5.41, 5.74) is 1.87. The predicted molar refractivity (Wildman–Crippen MR) is 70.3 cm³/mol. The number of aryl methyl sites for hydroxylation is 1. The van der Waals surface area contributed by atoms with Crippen molar-refractivity contribution in [3.8, 4) is 0 Å². The first-order chi connectivity index (χ1) is 8.18. The Hall–Kier alpha value is -1.68. The van der Waals surface area contributed by atoms with E-state index in [0.29, 0.717) is 10.7 Å². The van der Waals surface area contributed by atoms with Crippen LogP contribution < -0.4 is 5.32 Å². The van der Waals surface area contributed by atoms with Crippen LogP contribution in [0.3, 0.4) is 0 Å². The van der Waals surface area contributed by atoms with Crippen LogP contribution in [0.2, 0.25) is 0 Å². The Morgan fingerprint density at radius 1 is 1.29 bits per heavy atom. The van der Waals surface area contributed by atoms with Gasteiger partial charge in [-0.3, -0.25) is 4.79 Å². The first-order valence-electron chi connectivity index (χ1n) is 5.24. The molecule has 1 N–H and O–H groups in total. The normalized spacial score (nSPS) is 14.5. The van der Waals surface area contributed by atoms with Gasteiger partial charge in [-0.1, -0.05) is 30.0 Å². The summed E-state index contributed by atoms with van der Waals surface area (Å²) in [7, 11) is 0. The number of benzene rings is 1. The van der Waals surface area contributed by atoms with Gasteiger partial charge in [0.1, 0.15) is 10.7 Å². The van der Waals surface area contributed by atoms with Gasteiger partial charge in [-0.25, -0.2) is 0 Å². The molecule has 0 aromatic heterocycles. The van der Waals surface area contributed by atoms with Crippen molar-refractivity contribution in [1.82, 2.24) is 0 Å². The van der Waals surface area contributed by atoms with Gasteiger partial charge in [0, 0.05) is 11.1 Å². The van der Waals surface area contributed by atoms with Gasteiger partial charge in [0.05, 0.1) is 6.26 Å². The molecule has 0 spiro atoms. The maximum absolute atomic E-state index is 12.0. The molecule has 3 nitrogen and oxygen atoms in total. The smallest absolute Gasteiger partial charge is 0.265 e. The topological polar surface area (TPSA) is 38.3 Å². The summed E-state index contributed by atoms with van der Waals surface area (Å²) < 4.78 is 5.20. The Kier molecular flexibility index (Phi) is 3.54. The molecule has 4 heteroatoms. The molecule has 1 aromatic carbocycles. The monoisotopic (exact) mass is 247 g/mol. The second-order valence-electron chi connectivity index (χ2n) is 3.66. The first-order valence-corrected chi connectivity index (χ1v) is 6.12. The third-order valence-corrected chi connectivity index (χ3v) is 3.36. The van der Waals surface area contributed by atoms with Crippen molar-refractivity contribution in [3.63, 3.8) is 0 Å². The number of carbonyl (C=O) groups is 1. The van der Waals surface area contributed by atoms with E-state index in [1.54, 1.807) is 18.6 Å². The first kappa shape index (κ1) is 11.8. The summed E-state index contributed by atoms with van der Waals surface area (Å²) in [4.78, 5) is 12.6. The van der Waals surface area contributed by atoms with Crippen LogP contribution in [-0.2, 0) is 9.53 Å². The molecule has 0 bridgehead atoms. The van der Waals surface area contributed by atoms with Crippen molar-refractivity contribution in [2.45, 2.75) is 13.8 Å². The van der Waals surface area contributed by atoms with Gasteiger partial charge in [-0.15, -0.1) is 0 Å². The molecule has 1 aromatic rings. The number of allylic oxidation sites excluding steroid dienone is 1. The highest BCUT2D eigenvalue weighted by Gasteiger charge is 2.16. The fraction of sp³-hybridized carbons (Fsp3) is 0.154. The minimum Gasteiger partial charge on any atom is -0.468 e. The van der Waals surface area contributed by atoms with Crippen molar-refractivity contribution >= 4 is 23.4 Å². The molecule has 0 saturated heterocycles. The molecule has 1 aliphatic rings. The maximum atomic E-state index is 12.0. The molecular weight excluding hydrogens is 234 g/mol. The SMILES string of the molecule is CC1=C(C(=O)Nc2ccccc2C)SC=CO1. The molecule has 0 fully saturated rings. The Labute approximate surface area is 105 Å². The number of thioether (sulfide) groups is 1. The number of nitrogens with one attached hydrogen (secondary N) is 1. The van der Waals surface area contributed by atoms with Crippen LogP contribution in [-0.4, -0.2) is 5.91 Å². The van der Waals surface area contributed by atoms with Crippen LogP contribution in [0.15, 0.2) is 46.6 Å². The standard InChI is InChI=1S/C13H13NO2S/c1-9-5-3-4-6-11(9)14-13(15)12-10(2)16-7-8-17-12/h3-8H,1-2H3,(H,14,15). The third-order valence-electron chi connectivity index (χ3n) is 2.41. The van der Waals surface area contributed by atoms with E-state index in [-0.39, 0.29) is 5.91 Å². The number of carbonyl (C=O) groups excluding carboxylic acids is 1. The second kappa shape index (κ2) is 5.10. The van der Waals surface area contributed by atoms with E-state index >= 15 is 0 Å². The molecule has 0 atom stereocenters. The molecule has 0 unspecified atom stereocenters. The van der Waals surface area contributed by atoms with Crippen molar-refractivity contribution in [1.29, 1.82) is 0 Å². The minimum atomic E-state index is -0.133. The molecular formula is C13H13NO2S. The zero-order valence-electron chi connectivity index (χ0n) is 9.69. The van der Waals surface area contributed by atoms with Crippen molar-refractivity contribution in [2.24, 2.45) is 0 Å². The summed E-state index contributed by atoms with van der Waals surface area (Å²) in [5.74, 6) is 0.495. The van der Waals surface area contributed by atoms with Crippen LogP contribution in [0, 0.1) is 6.92 Å². The number of anilines is 1. The lowest BCUT2D eigenvalue weighted by Crippen LogP contribution is -2.15. The number of rotatable bonds is 2. The predicted octanol–water partition coefficient (Wildman–Crippen LogP) is 3.40. The van der Waals surface area contributed by atoms with E-state index in [9.17, 15) is 4.79 Å². The summed E-state index contributed by atoms with van der Waals surface area (Å²) in [5, 5.41) is 4.63. The van der Waals surface area contributed by atoms with Gasteiger partial charge in [0.2, 0.25) is 0 Å². The minimum absolute atomic E-state index is 0.133. The summed E-state index contributed by atoms with van der Waals surface area (Å²) >= 11 is 1.37. The Bertz CT molecular complexity index is 506. The largest absolute Gasteiger partial charge is 0.468 e. The zero-order chi connectivity index (χ0) is 12.3. The van der Waals surface area contributed by atoms with Gasteiger partial charge in [0.15, 0.2) is 0 Å². The molecule has 0 radical (unpaired) electrons. The highest BCUT2D eigenvalue weighted by molar-refractivity contribution is 8.06. The number of hydrogen-bond donors (Lipinski definition) is 1. The number of para-hydroxylation sites is 1. The summed E-state index contributed by atoms with van der Waals surface area (Å²) in [6.07, 6.45) is 1.57. The van der Waals surface area contributed by atoms with E-state index in [1.165, 1.54) is 11.8 Å². The van der Waals surface area contributed by atoms with Gasteiger partial charge in [0.25, 0.3) is 5.91 Å². The van der Waals surface area contributed by atoms with Crippen molar-refractivity contribution < 1.29 is 9.53 Å². The van der Waals surface area contributed by atoms with E-state index in [0.717, 1.165) is 11.3 Å². The van der Waals surface area contributed by atoms with Gasteiger partial charge >= 0.3 is 0 Å². The fourth-order valence-electron chi connectivity index (χ4n) is 1.47. The van der Waals surface area contributed by atoms with E-state index in [1.807, 2.05) is 31.2 Å². The summed E-state index contributed by atoms with van der Waals surface area (Å²) in [6, 6.07) is 7.68. The van der Waals surface area contributed by atoms with Crippen LogP contribution in [0.1, 0.15) is 12.5 Å². The van der Waals surface area contributed by atoms with E-state index < -0.39 is 0 Å². The molecule has 0 aliphatic carbocycles. The van der Waals surface area contributed by atoms with Crippen LogP contribution in [0.25, 0.3) is 0 Å². The Morgan fingerprint density at radius 3 is 2.76 bits per heavy atom. The molecule has 1 heterocycles. The third kappa shape index (κ3) is 2.71. The summed E-state index contributed by atoms with van der Waals surface area (Å²) in [6.45, 7) is 3.74. The van der Waals surface area contributed by atoms with Gasteiger partial charge in [-0.2, -0.15) is 0 Å². The fourth-order valence-corrected chi connectivity index (χ4v) is 2.09. The molecule has 88 valence electrons. The van der Waals surface area contributed by atoms with E-state index in [4.69, 9.17) is 4.74 Å². The Balaban J connectivity index is 2.15. The second-order valence-corrected chi connectivity index (χ2v) is 4.58. The van der Waals surface area contributed by atoms with Crippen LogP contribution >= 0.6 is 11.8 Å². The lowest BCUT2D eigenvalue weighted by atomic mass is 10.2. The maximum Gasteiger partial charge on any atom is 0.265 e. The quantitative estimate of drug-likeness (QED) is 0.870. The average Bonchev–Trinajstić information content (AvgIpc) is 2.32. The number of hydrogen-bond acceptors (Lipinski definition) is 3. The molecule has 0 saturated carbocycles. The lowest BCUT2D eigenvalue weighted by molar-refractivity contribution is -0.112. The van der Waals surface area contributed by atoms with Crippen molar-refractivity contribution in [2.75, 3.05) is 5.32 Å². The van der Waals surface area contributed by atoms with Gasteiger partial charge in [-0.05, 0) is 25.5 Å². The van der Waals surface area contributed by atoms with E-state index in [2.05, 4.69) is 5.32 Å². The zero-order valence-corrected chi connectivity index (χ0v) is 10.5. The molecule has 1 aliphatic heterocycles. The highest BCUT2D eigenvalue weighted by Crippen LogP contribution is 2.28. The lowest BCUT2D eigenvalue weighted by Gasteiger charge is -2.14. The number of ether oxygens (including phenoxy) is 1. The Morgan fingerprint density at radius 2 is 2.06 bits per heavy atom. The van der Waals surface area contributed by atoms with Crippen molar-refractivity contribution in [3.05, 3.63) is 52.2 Å².